The number of hydrogen-bond acceptors (Lipinski definition) is 5. The molecule has 1 aliphatic carbocycles. The van der Waals surface area contributed by atoms with Crippen LogP contribution in [-0.2, 0) is 17.9 Å². The topological polar surface area (TPSA) is 89.6 Å². The maximum atomic E-state index is 13.8. The Labute approximate surface area is 198 Å². The van der Waals surface area contributed by atoms with Crippen LogP contribution < -0.4 is 10.1 Å². The van der Waals surface area contributed by atoms with E-state index in [1.165, 1.54) is 6.42 Å². The van der Waals surface area contributed by atoms with Crippen LogP contribution in [0.3, 0.4) is 0 Å². The molecule has 0 saturated heterocycles. The first-order valence-corrected chi connectivity index (χ1v) is 11.9. The number of benzene rings is 1. The van der Waals surface area contributed by atoms with Crippen LogP contribution >= 0.6 is 0 Å². The van der Waals surface area contributed by atoms with Crippen molar-refractivity contribution in [1.29, 1.82) is 0 Å². The van der Waals surface area contributed by atoms with Gasteiger partial charge in [-0.15, -0.1) is 0 Å². The monoisotopic (exact) mass is 462 g/mol. The van der Waals surface area contributed by atoms with Gasteiger partial charge in [-0.05, 0) is 38.0 Å². The van der Waals surface area contributed by atoms with Crippen LogP contribution in [0, 0.1) is 0 Å². The molecule has 3 heterocycles. The standard InChI is InChI=1S/C26H30N4O4/c1-26(25(32)27-19-10-4-3-5-11-19)17-30-21(15-20(28-30)23-13-8-14-34-23)24(31)29(26)16-18-9-6-7-12-22(18)33-2/h6-9,12-15,19H,3-5,10-11,16-17H2,1-2H3,(H,27,32)/t26-/m0/s1. The fourth-order valence-electron chi connectivity index (χ4n) is 5.03. The van der Waals surface area contributed by atoms with E-state index in [1.807, 2.05) is 31.2 Å². The minimum atomic E-state index is -1.12. The highest BCUT2D eigenvalue weighted by molar-refractivity contribution is 6.00. The molecule has 1 N–H and O–H groups in total. The van der Waals surface area contributed by atoms with Crippen LogP contribution in [0.5, 0.6) is 5.75 Å². The van der Waals surface area contributed by atoms with Gasteiger partial charge in [0.2, 0.25) is 5.91 Å². The van der Waals surface area contributed by atoms with Gasteiger partial charge in [0.25, 0.3) is 5.91 Å². The van der Waals surface area contributed by atoms with Crippen LogP contribution in [0.2, 0.25) is 0 Å². The highest BCUT2D eigenvalue weighted by atomic mass is 16.5. The first kappa shape index (κ1) is 22.3. The zero-order valence-electron chi connectivity index (χ0n) is 19.6. The first-order chi connectivity index (χ1) is 16.5. The summed E-state index contributed by atoms with van der Waals surface area (Å²) in [5, 5.41) is 7.85. The molecule has 2 amide bonds. The van der Waals surface area contributed by atoms with Crippen LogP contribution in [-0.4, -0.2) is 45.2 Å². The molecule has 178 valence electrons. The van der Waals surface area contributed by atoms with Crippen LogP contribution in [0.1, 0.15) is 55.1 Å². The molecule has 34 heavy (non-hydrogen) atoms. The Balaban J connectivity index is 1.52. The minimum absolute atomic E-state index is 0.138. The Hall–Kier alpha value is -3.55. The van der Waals surface area contributed by atoms with E-state index >= 15 is 0 Å². The van der Waals surface area contributed by atoms with Gasteiger partial charge in [-0.3, -0.25) is 14.3 Å². The molecule has 0 spiro atoms. The van der Waals surface area contributed by atoms with Gasteiger partial charge in [0.1, 0.15) is 22.7 Å². The van der Waals surface area contributed by atoms with E-state index in [9.17, 15) is 9.59 Å². The number of para-hydroxylation sites is 1. The summed E-state index contributed by atoms with van der Waals surface area (Å²) in [4.78, 5) is 29.2. The Kier molecular flexibility index (Phi) is 5.89. The van der Waals surface area contributed by atoms with Gasteiger partial charge in [-0.25, -0.2) is 0 Å². The molecule has 0 radical (unpaired) electrons. The van der Waals surface area contributed by atoms with E-state index in [0.717, 1.165) is 31.2 Å². The zero-order chi connectivity index (χ0) is 23.7. The molecule has 1 fully saturated rings. The highest BCUT2D eigenvalue weighted by Crippen LogP contribution is 2.33. The second kappa shape index (κ2) is 9.00. The smallest absolute Gasteiger partial charge is 0.273 e. The second-order valence-electron chi connectivity index (χ2n) is 9.34. The molecule has 1 aromatic carbocycles. The number of hydrogen-bond donors (Lipinski definition) is 1. The van der Waals surface area contributed by atoms with Gasteiger partial charge in [-0.1, -0.05) is 37.5 Å². The predicted molar refractivity (Wildman–Crippen MR) is 126 cm³/mol. The van der Waals surface area contributed by atoms with Gasteiger partial charge >= 0.3 is 0 Å². The lowest BCUT2D eigenvalue weighted by molar-refractivity contribution is -0.134. The molecule has 1 atom stereocenters. The highest BCUT2D eigenvalue weighted by Gasteiger charge is 2.48. The molecular formula is C26H30N4O4. The van der Waals surface area contributed by atoms with E-state index in [1.54, 1.807) is 41.2 Å². The van der Waals surface area contributed by atoms with E-state index in [0.29, 0.717) is 22.9 Å². The Morgan fingerprint density at radius 1 is 1.21 bits per heavy atom. The summed E-state index contributed by atoms with van der Waals surface area (Å²) < 4.78 is 12.7. The number of amides is 2. The largest absolute Gasteiger partial charge is 0.496 e. The quantitative estimate of drug-likeness (QED) is 0.598. The van der Waals surface area contributed by atoms with Gasteiger partial charge in [0, 0.05) is 17.7 Å². The molecule has 0 unspecified atom stereocenters. The van der Waals surface area contributed by atoms with Crippen LogP contribution in [0.4, 0.5) is 0 Å². The number of rotatable bonds is 6. The summed E-state index contributed by atoms with van der Waals surface area (Å²) in [5.74, 6) is 0.868. The summed E-state index contributed by atoms with van der Waals surface area (Å²) in [6, 6.07) is 13.0. The number of fused-ring (bicyclic) bond motifs is 1. The molecule has 3 aromatic rings. The molecule has 5 rings (SSSR count). The van der Waals surface area contributed by atoms with Crippen molar-refractivity contribution in [3.05, 3.63) is 60.0 Å². The van der Waals surface area contributed by atoms with E-state index in [4.69, 9.17) is 9.15 Å². The molecule has 1 saturated carbocycles. The van der Waals surface area contributed by atoms with Crippen molar-refractivity contribution in [3.63, 3.8) is 0 Å². The minimum Gasteiger partial charge on any atom is -0.496 e. The molecule has 2 aliphatic rings. The predicted octanol–water partition coefficient (Wildman–Crippen LogP) is 4.02. The number of aromatic nitrogens is 2. The number of methoxy groups -OCH3 is 1. The Morgan fingerprint density at radius 2 is 2.00 bits per heavy atom. The maximum Gasteiger partial charge on any atom is 0.273 e. The molecule has 8 nitrogen and oxygen atoms in total. The lowest BCUT2D eigenvalue weighted by Crippen LogP contribution is -2.64. The van der Waals surface area contributed by atoms with Crippen molar-refractivity contribution in [2.24, 2.45) is 0 Å². The first-order valence-electron chi connectivity index (χ1n) is 11.9. The van der Waals surface area contributed by atoms with E-state index in [2.05, 4.69) is 10.4 Å². The molecule has 0 bridgehead atoms. The normalized spacial score (nSPS) is 20.8. The SMILES string of the molecule is COc1ccccc1CN1C(=O)c2cc(-c3ccco3)nn2C[C@@]1(C)C(=O)NC1CCCCC1. The van der Waals surface area contributed by atoms with Crippen LogP contribution in [0.25, 0.3) is 11.5 Å². The number of ether oxygens (including phenoxy) is 1. The molecule has 1 aliphatic heterocycles. The average molecular weight is 463 g/mol. The Bertz CT molecular complexity index is 1180. The third kappa shape index (κ3) is 3.97. The second-order valence-corrected chi connectivity index (χ2v) is 9.34. The lowest BCUT2D eigenvalue weighted by atomic mass is 9.91. The van der Waals surface area contributed by atoms with Crippen molar-refractivity contribution in [1.82, 2.24) is 20.0 Å². The van der Waals surface area contributed by atoms with E-state index < -0.39 is 5.54 Å². The number of nitrogens with zero attached hydrogens (tertiary/aromatic N) is 3. The van der Waals surface area contributed by atoms with Crippen molar-refractivity contribution >= 4 is 11.8 Å². The maximum absolute atomic E-state index is 13.8. The molecule has 2 aromatic heterocycles. The number of nitrogens with one attached hydrogen (secondary N) is 1. The summed E-state index contributed by atoms with van der Waals surface area (Å²) in [5.41, 5.74) is 0.732. The van der Waals surface area contributed by atoms with Crippen molar-refractivity contribution in [3.8, 4) is 17.2 Å². The molecular weight excluding hydrogens is 432 g/mol. The number of furan rings is 1. The number of carbonyl (C=O) groups is 2. The fourth-order valence-corrected chi connectivity index (χ4v) is 5.03. The Morgan fingerprint density at radius 3 is 2.74 bits per heavy atom. The van der Waals surface area contributed by atoms with Gasteiger partial charge in [0.15, 0.2) is 5.76 Å². The summed E-state index contributed by atoms with van der Waals surface area (Å²) in [7, 11) is 1.61. The van der Waals surface area contributed by atoms with Crippen molar-refractivity contribution < 1.29 is 18.7 Å². The average Bonchev–Trinajstić information content (AvgIpc) is 3.53. The van der Waals surface area contributed by atoms with Gasteiger partial charge in [-0.2, -0.15) is 5.10 Å². The number of carbonyl (C=O) groups excluding carboxylic acids is 2. The van der Waals surface area contributed by atoms with Crippen LogP contribution in [0.15, 0.2) is 53.1 Å². The van der Waals surface area contributed by atoms with E-state index in [-0.39, 0.29) is 30.9 Å². The fraction of sp³-hybridized carbons (Fsp3) is 0.423. The third-order valence-electron chi connectivity index (χ3n) is 7.02. The lowest BCUT2D eigenvalue weighted by Gasteiger charge is -2.44. The summed E-state index contributed by atoms with van der Waals surface area (Å²) in [6.45, 7) is 2.33. The summed E-state index contributed by atoms with van der Waals surface area (Å²) in [6.07, 6.45) is 6.94. The zero-order valence-corrected chi connectivity index (χ0v) is 19.6. The van der Waals surface area contributed by atoms with Crippen molar-refractivity contribution in [2.75, 3.05) is 7.11 Å². The molecule has 8 heteroatoms. The third-order valence-corrected chi connectivity index (χ3v) is 7.02. The van der Waals surface area contributed by atoms with Gasteiger partial charge in [0.05, 0.1) is 26.5 Å². The van der Waals surface area contributed by atoms with Crippen molar-refractivity contribution in [2.45, 2.75) is 63.7 Å². The van der Waals surface area contributed by atoms with Gasteiger partial charge < -0.3 is 19.4 Å². The summed E-state index contributed by atoms with van der Waals surface area (Å²) >= 11 is 0.